The molecule has 0 heterocycles. The molecule has 0 aliphatic rings. The lowest BCUT2D eigenvalue weighted by atomic mass is 10.1. The first-order chi connectivity index (χ1) is 8.97. The van der Waals surface area contributed by atoms with Crippen LogP contribution in [0.15, 0.2) is 46.2 Å². The minimum Gasteiger partial charge on any atom is -0.389 e. The van der Waals surface area contributed by atoms with E-state index in [4.69, 9.17) is 0 Å². The van der Waals surface area contributed by atoms with Crippen LogP contribution in [-0.4, -0.2) is 5.11 Å². The summed E-state index contributed by atoms with van der Waals surface area (Å²) in [4.78, 5) is 1.98. The van der Waals surface area contributed by atoms with Crippen LogP contribution in [0.1, 0.15) is 29.7 Å². The van der Waals surface area contributed by atoms with Crippen molar-refractivity contribution in [3.63, 3.8) is 0 Å². The number of benzene rings is 2. The van der Waals surface area contributed by atoms with Crippen molar-refractivity contribution in [2.45, 2.75) is 36.7 Å². The standard InChI is InChI=1S/C16H17FOS/c1-10-4-6-13(7-5-10)19-16-8-11(2)15(17)9-14(16)12(3)18/h4-9,12,18H,1-3H3/t12-/m1/s1. The summed E-state index contributed by atoms with van der Waals surface area (Å²) in [6.07, 6.45) is -0.678. The maximum Gasteiger partial charge on any atom is 0.126 e. The van der Waals surface area contributed by atoms with Crippen molar-refractivity contribution >= 4 is 11.8 Å². The zero-order valence-corrected chi connectivity index (χ0v) is 12.1. The lowest BCUT2D eigenvalue weighted by Gasteiger charge is -2.13. The number of halogens is 1. The quantitative estimate of drug-likeness (QED) is 0.880. The van der Waals surface area contributed by atoms with Gasteiger partial charge < -0.3 is 5.11 Å². The average Bonchev–Trinajstić information content (AvgIpc) is 2.36. The third-order valence-corrected chi connectivity index (χ3v) is 4.07. The predicted molar refractivity (Wildman–Crippen MR) is 77.1 cm³/mol. The largest absolute Gasteiger partial charge is 0.389 e. The van der Waals surface area contributed by atoms with Crippen LogP contribution in [-0.2, 0) is 0 Å². The zero-order chi connectivity index (χ0) is 14.0. The molecule has 0 saturated heterocycles. The maximum absolute atomic E-state index is 13.6. The smallest absolute Gasteiger partial charge is 0.126 e. The molecule has 0 saturated carbocycles. The number of rotatable bonds is 3. The number of aryl methyl sites for hydroxylation is 2. The summed E-state index contributed by atoms with van der Waals surface area (Å²) in [6, 6.07) is 11.4. The molecule has 2 rings (SSSR count). The third kappa shape index (κ3) is 3.37. The molecule has 0 unspecified atom stereocenters. The summed E-state index contributed by atoms with van der Waals surface area (Å²) >= 11 is 1.55. The summed E-state index contributed by atoms with van der Waals surface area (Å²) in [5.41, 5.74) is 2.43. The van der Waals surface area contributed by atoms with Crippen molar-refractivity contribution < 1.29 is 9.50 Å². The highest BCUT2D eigenvalue weighted by Crippen LogP contribution is 2.35. The minimum atomic E-state index is -0.678. The summed E-state index contributed by atoms with van der Waals surface area (Å²) in [5.74, 6) is -0.274. The highest BCUT2D eigenvalue weighted by Gasteiger charge is 2.12. The van der Waals surface area contributed by atoms with Gasteiger partial charge in [-0.25, -0.2) is 4.39 Å². The second kappa shape index (κ2) is 5.76. The van der Waals surface area contributed by atoms with Gasteiger partial charge in [0.1, 0.15) is 5.82 Å². The second-order valence-corrected chi connectivity index (χ2v) is 5.85. The third-order valence-electron chi connectivity index (χ3n) is 2.99. The first kappa shape index (κ1) is 14.1. The molecule has 3 heteroatoms. The highest BCUT2D eigenvalue weighted by atomic mass is 32.2. The molecule has 0 spiro atoms. The van der Waals surface area contributed by atoms with Gasteiger partial charge in [-0.2, -0.15) is 0 Å². The Morgan fingerprint density at radius 1 is 1.11 bits per heavy atom. The van der Waals surface area contributed by atoms with Crippen molar-refractivity contribution in [3.8, 4) is 0 Å². The Morgan fingerprint density at radius 3 is 2.32 bits per heavy atom. The summed E-state index contributed by atoms with van der Waals surface area (Å²) in [6.45, 7) is 5.43. The van der Waals surface area contributed by atoms with Crippen molar-refractivity contribution in [2.75, 3.05) is 0 Å². The lowest BCUT2D eigenvalue weighted by molar-refractivity contribution is 0.196. The Labute approximate surface area is 117 Å². The average molecular weight is 276 g/mol. The van der Waals surface area contributed by atoms with Crippen molar-refractivity contribution in [1.82, 2.24) is 0 Å². The van der Waals surface area contributed by atoms with Gasteiger partial charge in [-0.05, 0) is 56.2 Å². The molecule has 0 aliphatic heterocycles. The number of aliphatic hydroxyl groups excluding tert-OH is 1. The molecule has 0 aromatic heterocycles. The molecule has 0 amide bonds. The van der Waals surface area contributed by atoms with Gasteiger partial charge in [0, 0.05) is 9.79 Å². The number of hydrogen-bond acceptors (Lipinski definition) is 2. The number of hydrogen-bond donors (Lipinski definition) is 1. The highest BCUT2D eigenvalue weighted by molar-refractivity contribution is 7.99. The molecule has 1 atom stereocenters. The first-order valence-electron chi connectivity index (χ1n) is 6.20. The monoisotopic (exact) mass is 276 g/mol. The fourth-order valence-electron chi connectivity index (χ4n) is 1.82. The molecule has 0 radical (unpaired) electrons. The Balaban J connectivity index is 2.38. The molecule has 2 aromatic carbocycles. The molecule has 100 valence electrons. The molecule has 0 fully saturated rings. The van der Waals surface area contributed by atoms with E-state index in [-0.39, 0.29) is 5.82 Å². The first-order valence-corrected chi connectivity index (χ1v) is 7.01. The molecule has 19 heavy (non-hydrogen) atoms. The molecular formula is C16H17FOS. The number of aliphatic hydroxyl groups is 1. The summed E-state index contributed by atoms with van der Waals surface area (Å²) in [5, 5.41) is 9.76. The van der Waals surface area contributed by atoms with E-state index in [0.29, 0.717) is 11.1 Å². The van der Waals surface area contributed by atoms with Gasteiger partial charge in [0.05, 0.1) is 6.10 Å². The summed E-state index contributed by atoms with van der Waals surface area (Å²) in [7, 11) is 0. The van der Waals surface area contributed by atoms with Gasteiger partial charge in [-0.1, -0.05) is 29.5 Å². The van der Waals surface area contributed by atoms with Crippen LogP contribution in [0.25, 0.3) is 0 Å². The Morgan fingerprint density at radius 2 is 1.74 bits per heavy atom. The SMILES string of the molecule is Cc1ccc(Sc2cc(C)c(F)cc2[C@@H](C)O)cc1. The van der Waals surface area contributed by atoms with Gasteiger partial charge in [0.15, 0.2) is 0 Å². The van der Waals surface area contributed by atoms with Crippen LogP contribution in [0, 0.1) is 19.7 Å². The fourth-order valence-corrected chi connectivity index (χ4v) is 2.93. The van der Waals surface area contributed by atoms with Crippen LogP contribution in [0.4, 0.5) is 4.39 Å². The second-order valence-electron chi connectivity index (χ2n) is 4.73. The zero-order valence-electron chi connectivity index (χ0n) is 11.3. The minimum absolute atomic E-state index is 0.274. The van der Waals surface area contributed by atoms with Crippen LogP contribution in [0.5, 0.6) is 0 Å². The van der Waals surface area contributed by atoms with E-state index in [9.17, 15) is 9.50 Å². The van der Waals surface area contributed by atoms with Crippen molar-refractivity contribution in [3.05, 3.63) is 58.9 Å². The van der Waals surface area contributed by atoms with Gasteiger partial charge in [0.25, 0.3) is 0 Å². The maximum atomic E-state index is 13.6. The topological polar surface area (TPSA) is 20.2 Å². The van der Waals surface area contributed by atoms with E-state index < -0.39 is 6.10 Å². The Hall–Kier alpha value is -1.32. The van der Waals surface area contributed by atoms with Crippen LogP contribution >= 0.6 is 11.8 Å². The van der Waals surface area contributed by atoms with E-state index in [0.717, 1.165) is 9.79 Å². The van der Waals surface area contributed by atoms with Crippen LogP contribution in [0.3, 0.4) is 0 Å². The fraction of sp³-hybridized carbons (Fsp3) is 0.250. The van der Waals surface area contributed by atoms with E-state index >= 15 is 0 Å². The lowest BCUT2D eigenvalue weighted by Crippen LogP contribution is -1.97. The van der Waals surface area contributed by atoms with Crippen molar-refractivity contribution in [2.24, 2.45) is 0 Å². The van der Waals surface area contributed by atoms with Crippen LogP contribution in [0.2, 0.25) is 0 Å². The molecule has 1 N–H and O–H groups in total. The van der Waals surface area contributed by atoms with E-state index in [2.05, 4.69) is 0 Å². The molecule has 1 nitrogen and oxygen atoms in total. The molecule has 2 aromatic rings. The Kier molecular flexibility index (Phi) is 4.27. The van der Waals surface area contributed by atoms with E-state index in [1.54, 1.807) is 31.7 Å². The normalized spacial score (nSPS) is 12.5. The molecule has 0 bridgehead atoms. The molecule has 0 aliphatic carbocycles. The van der Waals surface area contributed by atoms with E-state index in [1.807, 2.05) is 31.2 Å². The van der Waals surface area contributed by atoms with E-state index in [1.165, 1.54) is 11.6 Å². The van der Waals surface area contributed by atoms with Gasteiger partial charge >= 0.3 is 0 Å². The van der Waals surface area contributed by atoms with Crippen LogP contribution < -0.4 is 0 Å². The predicted octanol–water partition coefficient (Wildman–Crippen LogP) is 4.65. The van der Waals surface area contributed by atoms with Gasteiger partial charge in [0.2, 0.25) is 0 Å². The summed E-state index contributed by atoms with van der Waals surface area (Å²) < 4.78 is 13.6. The Bertz CT molecular complexity index is 576. The van der Waals surface area contributed by atoms with Crippen molar-refractivity contribution in [1.29, 1.82) is 0 Å². The van der Waals surface area contributed by atoms with Gasteiger partial charge in [-0.3, -0.25) is 0 Å². The van der Waals surface area contributed by atoms with Gasteiger partial charge in [-0.15, -0.1) is 0 Å². The molecular weight excluding hydrogens is 259 g/mol.